The lowest BCUT2D eigenvalue weighted by Gasteiger charge is -2.14. The highest BCUT2D eigenvalue weighted by Crippen LogP contribution is 2.34. The van der Waals surface area contributed by atoms with Gasteiger partial charge in [0.1, 0.15) is 5.02 Å². The third-order valence-electron chi connectivity index (χ3n) is 3.58. The third kappa shape index (κ3) is 4.95. The molecule has 2 rings (SSSR count). The van der Waals surface area contributed by atoms with E-state index in [1.165, 1.54) is 18.2 Å². The Hall–Kier alpha value is -3.20. The van der Waals surface area contributed by atoms with Crippen LogP contribution in [-0.4, -0.2) is 16.6 Å². The molecule has 0 aliphatic rings. The summed E-state index contributed by atoms with van der Waals surface area (Å²) in [6, 6.07) is 7.87. The Morgan fingerprint density at radius 3 is 2.39 bits per heavy atom. The van der Waals surface area contributed by atoms with Crippen molar-refractivity contribution in [3.8, 4) is 0 Å². The minimum Gasteiger partial charge on any atom is -0.321 e. The number of para-hydroxylation sites is 1. The van der Waals surface area contributed by atoms with Crippen molar-refractivity contribution in [3.63, 3.8) is 0 Å². The van der Waals surface area contributed by atoms with Gasteiger partial charge in [-0.05, 0) is 36.8 Å². The summed E-state index contributed by atoms with van der Waals surface area (Å²) < 4.78 is 39.2. The Morgan fingerprint density at radius 1 is 1.18 bits per heavy atom. The number of benzene rings is 2. The average Bonchev–Trinajstić information content (AvgIpc) is 2.59. The first-order valence-electron chi connectivity index (χ1n) is 7.65. The summed E-state index contributed by atoms with van der Waals surface area (Å²) in [6.45, 7) is 1.05. The van der Waals surface area contributed by atoms with Gasteiger partial charge in [-0.3, -0.25) is 19.7 Å². The molecule has 2 aromatic rings. The molecule has 0 heterocycles. The van der Waals surface area contributed by atoms with Crippen molar-refractivity contribution >= 4 is 40.7 Å². The first-order chi connectivity index (χ1) is 13.0. The van der Waals surface area contributed by atoms with Gasteiger partial charge >= 0.3 is 6.18 Å². The Labute approximate surface area is 161 Å². The molecule has 6 nitrogen and oxygen atoms in total. The predicted molar refractivity (Wildman–Crippen MR) is 96.8 cm³/mol. The normalized spacial score (nSPS) is 11.8. The number of carbonyl (C=O) groups is 2. The molecule has 1 N–H and O–H groups in total. The SMILES string of the molecule is CC(=O)/C(=C/c1ccc(Cl)c([N+](=O)[O-])c1)C(=O)Nc1ccccc1C(F)(F)F. The monoisotopic (exact) mass is 412 g/mol. The fourth-order valence-electron chi connectivity index (χ4n) is 2.28. The molecule has 0 saturated heterocycles. The van der Waals surface area contributed by atoms with Crippen molar-refractivity contribution in [2.75, 3.05) is 5.32 Å². The van der Waals surface area contributed by atoms with E-state index in [1.54, 1.807) is 0 Å². The summed E-state index contributed by atoms with van der Waals surface area (Å²) in [7, 11) is 0. The maximum Gasteiger partial charge on any atom is 0.418 e. The standard InChI is InChI=1S/C18H12ClF3N2O4/c1-10(25)12(8-11-6-7-14(19)16(9-11)24(27)28)17(26)23-15-5-3-2-4-13(15)18(20,21)22/h2-9H,1H3,(H,23,26)/b12-8-. The molecule has 0 aliphatic carbocycles. The van der Waals surface area contributed by atoms with Crippen LogP contribution in [0.2, 0.25) is 5.02 Å². The molecule has 0 fully saturated rings. The third-order valence-corrected chi connectivity index (χ3v) is 3.90. The van der Waals surface area contributed by atoms with Gasteiger partial charge < -0.3 is 5.32 Å². The first-order valence-corrected chi connectivity index (χ1v) is 8.02. The molecule has 0 spiro atoms. The number of alkyl halides is 3. The second-order valence-electron chi connectivity index (χ2n) is 5.58. The molecule has 10 heteroatoms. The van der Waals surface area contributed by atoms with E-state index in [0.29, 0.717) is 0 Å². The number of halogens is 4. The van der Waals surface area contributed by atoms with Crippen LogP contribution in [0.3, 0.4) is 0 Å². The van der Waals surface area contributed by atoms with Gasteiger partial charge in [0.05, 0.1) is 21.7 Å². The van der Waals surface area contributed by atoms with Gasteiger partial charge in [0.2, 0.25) is 0 Å². The van der Waals surface area contributed by atoms with Crippen molar-refractivity contribution in [1.82, 2.24) is 0 Å². The van der Waals surface area contributed by atoms with Gasteiger partial charge in [-0.15, -0.1) is 0 Å². The van der Waals surface area contributed by atoms with Crippen molar-refractivity contribution in [2.24, 2.45) is 0 Å². The van der Waals surface area contributed by atoms with Crippen molar-refractivity contribution in [3.05, 3.63) is 74.3 Å². The second kappa shape index (κ2) is 8.22. The molecule has 1 amide bonds. The van der Waals surface area contributed by atoms with E-state index in [2.05, 4.69) is 5.32 Å². The smallest absolute Gasteiger partial charge is 0.321 e. The van der Waals surface area contributed by atoms with Gasteiger partial charge in [0, 0.05) is 6.07 Å². The van der Waals surface area contributed by atoms with Crippen LogP contribution in [0.1, 0.15) is 18.1 Å². The van der Waals surface area contributed by atoms with E-state index in [1.807, 2.05) is 0 Å². The van der Waals surface area contributed by atoms with Crippen LogP contribution in [0.5, 0.6) is 0 Å². The zero-order valence-electron chi connectivity index (χ0n) is 14.2. The highest BCUT2D eigenvalue weighted by atomic mass is 35.5. The highest BCUT2D eigenvalue weighted by Gasteiger charge is 2.34. The number of anilines is 1. The van der Waals surface area contributed by atoms with Crippen LogP contribution in [0.4, 0.5) is 24.5 Å². The molecular weight excluding hydrogens is 401 g/mol. The highest BCUT2D eigenvalue weighted by molar-refractivity contribution is 6.32. The van der Waals surface area contributed by atoms with E-state index < -0.39 is 45.3 Å². The molecule has 0 saturated carbocycles. The van der Waals surface area contributed by atoms with Crippen LogP contribution in [0, 0.1) is 10.1 Å². The number of hydrogen-bond acceptors (Lipinski definition) is 4. The minimum atomic E-state index is -4.71. The molecule has 2 aromatic carbocycles. The van der Waals surface area contributed by atoms with Gasteiger partial charge in [-0.1, -0.05) is 29.8 Å². The van der Waals surface area contributed by atoms with Crippen LogP contribution < -0.4 is 5.32 Å². The Balaban J connectivity index is 2.42. The number of rotatable bonds is 5. The molecule has 0 bridgehead atoms. The van der Waals surface area contributed by atoms with E-state index in [9.17, 15) is 32.9 Å². The number of nitro benzene ring substituents is 1. The number of amides is 1. The number of nitrogens with one attached hydrogen (secondary N) is 1. The van der Waals surface area contributed by atoms with Crippen molar-refractivity contribution in [1.29, 1.82) is 0 Å². The number of Topliss-reactive ketones (excluding diaryl/α,β-unsaturated/α-hetero) is 1. The second-order valence-corrected chi connectivity index (χ2v) is 5.99. The van der Waals surface area contributed by atoms with Crippen molar-refractivity contribution < 1.29 is 27.7 Å². The predicted octanol–water partition coefficient (Wildman–Crippen LogP) is 4.88. The number of carbonyl (C=O) groups excluding carboxylic acids is 2. The lowest BCUT2D eigenvalue weighted by molar-refractivity contribution is -0.384. The van der Waals surface area contributed by atoms with E-state index in [0.717, 1.165) is 37.3 Å². The number of hydrogen-bond donors (Lipinski definition) is 1. The fourth-order valence-corrected chi connectivity index (χ4v) is 2.47. The van der Waals surface area contributed by atoms with Gasteiger partial charge in [0.15, 0.2) is 5.78 Å². The number of nitrogens with zero attached hydrogens (tertiary/aromatic N) is 1. The molecule has 0 radical (unpaired) electrons. The summed E-state index contributed by atoms with van der Waals surface area (Å²) in [6.07, 6.45) is -3.67. The number of ketones is 1. The molecule has 146 valence electrons. The van der Waals surface area contributed by atoms with Crippen LogP contribution >= 0.6 is 11.6 Å². The Morgan fingerprint density at radius 2 is 1.82 bits per heavy atom. The summed E-state index contributed by atoms with van der Waals surface area (Å²) >= 11 is 5.71. The zero-order valence-corrected chi connectivity index (χ0v) is 15.0. The Kier molecular flexibility index (Phi) is 6.19. The average molecular weight is 413 g/mol. The summed E-state index contributed by atoms with van der Waals surface area (Å²) in [5.41, 5.74) is -2.40. The quantitative estimate of drug-likeness (QED) is 0.249. The van der Waals surface area contributed by atoms with Gasteiger partial charge in [-0.2, -0.15) is 13.2 Å². The lowest BCUT2D eigenvalue weighted by atomic mass is 10.1. The topological polar surface area (TPSA) is 89.3 Å². The minimum absolute atomic E-state index is 0.112. The molecule has 0 aliphatic heterocycles. The summed E-state index contributed by atoms with van der Waals surface area (Å²) in [5, 5.41) is 12.9. The first kappa shape index (κ1) is 21.1. The van der Waals surface area contributed by atoms with E-state index in [-0.39, 0.29) is 10.6 Å². The molecule has 0 aromatic heterocycles. The summed E-state index contributed by atoms with van der Waals surface area (Å²) in [5.74, 6) is -1.82. The maximum atomic E-state index is 13.1. The maximum absolute atomic E-state index is 13.1. The molecule has 0 atom stereocenters. The number of nitro groups is 1. The van der Waals surface area contributed by atoms with Gasteiger partial charge in [0.25, 0.3) is 11.6 Å². The summed E-state index contributed by atoms with van der Waals surface area (Å²) in [4.78, 5) is 34.4. The largest absolute Gasteiger partial charge is 0.418 e. The molecular formula is C18H12ClF3N2O4. The van der Waals surface area contributed by atoms with Crippen LogP contribution in [0.15, 0.2) is 48.0 Å². The van der Waals surface area contributed by atoms with E-state index in [4.69, 9.17) is 11.6 Å². The fraction of sp³-hybridized carbons (Fsp3) is 0.111. The van der Waals surface area contributed by atoms with Crippen LogP contribution in [0.25, 0.3) is 6.08 Å². The van der Waals surface area contributed by atoms with E-state index >= 15 is 0 Å². The lowest BCUT2D eigenvalue weighted by Crippen LogP contribution is -2.21. The van der Waals surface area contributed by atoms with Crippen molar-refractivity contribution in [2.45, 2.75) is 13.1 Å². The molecule has 0 unspecified atom stereocenters. The molecule has 28 heavy (non-hydrogen) atoms. The van der Waals surface area contributed by atoms with Gasteiger partial charge in [-0.25, -0.2) is 0 Å². The van der Waals surface area contributed by atoms with Crippen LogP contribution in [-0.2, 0) is 15.8 Å². The zero-order chi connectivity index (χ0) is 21.1. The Bertz CT molecular complexity index is 987.